The summed E-state index contributed by atoms with van der Waals surface area (Å²) in [5.41, 5.74) is 10.0. The van der Waals surface area contributed by atoms with Crippen LogP contribution in [0.25, 0.3) is 22.0 Å². The fourth-order valence-corrected chi connectivity index (χ4v) is 3.37. The molecule has 0 radical (unpaired) electrons. The summed E-state index contributed by atoms with van der Waals surface area (Å²) in [6, 6.07) is 19.5. The van der Waals surface area contributed by atoms with Crippen LogP contribution in [0.2, 0.25) is 0 Å². The summed E-state index contributed by atoms with van der Waals surface area (Å²) >= 11 is 0. The first-order valence-electron chi connectivity index (χ1n) is 9.18. The Hall–Kier alpha value is -3.60. The number of hydrogen-bond acceptors (Lipinski definition) is 3. The van der Waals surface area contributed by atoms with Gasteiger partial charge in [0.15, 0.2) is 0 Å². The standard InChI is InChI=1S/C23H21N3O2/c1-3-15-11-17(8-10-21(15)23(24)27)16-5-4-6-19(12-16)28-20-9-7-18-14-25-26(2)22(18)13-20/h4-14H,3H2,1-2H3,(H2,24,27). The van der Waals surface area contributed by atoms with Gasteiger partial charge in [-0.2, -0.15) is 5.10 Å². The molecule has 0 atom stereocenters. The van der Waals surface area contributed by atoms with Gasteiger partial charge in [0.2, 0.25) is 5.91 Å². The maximum Gasteiger partial charge on any atom is 0.248 e. The lowest BCUT2D eigenvalue weighted by Crippen LogP contribution is -2.13. The topological polar surface area (TPSA) is 70.1 Å². The Kier molecular flexibility index (Phi) is 4.57. The van der Waals surface area contributed by atoms with E-state index in [1.807, 2.05) is 79.4 Å². The SMILES string of the molecule is CCc1cc(-c2cccc(Oc3ccc4cnn(C)c4c3)c2)ccc1C(N)=O. The minimum Gasteiger partial charge on any atom is -0.457 e. The van der Waals surface area contributed by atoms with E-state index in [-0.39, 0.29) is 0 Å². The second kappa shape index (κ2) is 7.19. The summed E-state index contributed by atoms with van der Waals surface area (Å²) in [5, 5.41) is 5.34. The highest BCUT2D eigenvalue weighted by Crippen LogP contribution is 2.30. The Labute approximate surface area is 163 Å². The number of amides is 1. The van der Waals surface area contributed by atoms with E-state index in [9.17, 15) is 4.79 Å². The van der Waals surface area contributed by atoms with Crippen LogP contribution in [0.5, 0.6) is 11.5 Å². The van der Waals surface area contributed by atoms with Gasteiger partial charge >= 0.3 is 0 Å². The molecule has 4 rings (SSSR count). The number of primary amides is 1. The number of fused-ring (bicyclic) bond motifs is 1. The fraction of sp³-hybridized carbons (Fsp3) is 0.130. The number of aromatic nitrogens is 2. The molecule has 0 aliphatic heterocycles. The number of benzene rings is 3. The molecule has 140 valence electrons. The zero-order valence-electron chi connectivity index (χ0n) is 15.8. The van der Waals surface area contributed by atoms with Crippen LogP contribution in [0.3, 0.4) is 0 Å². The van der Waals surface area contributed by atoms with Crippen molar-refractivity contribution in [1.29, 1.82) is 0 Å². The van der Waals surface area contributed by atoms with Gasteiger partial charge in [0, 0.05) is 24.1 Å². The largest absolute Gasteiger partial charge is 0.457 e. The van der Waals surface area contributed by atoms with Gasteiger partial charge in [-0.3, -0.25) is 9.48 Å². The molecule has 3 aromatic carbocycles. The Morgan fingerprint density at radius 3 is 2.61 bits per heavy atom. The van der Waals surface area contributed by atoms with Gasteiger partial charge in [-0.15, -0.1) is 0 Å². The first kappa shape index (κ1) is 17.8. The lowest BCUT2D eigenvalue weighted by molar-refractivity contribution is 0.0999. The van der Waals surface area contributed by atoms with Crippen molar-refractivity contribution in [3.05, 3.63) is 78.0 Å². The minimum atomic E-state index is -0.397. The predicted molar refractivity (Wildman–Crippen MR) is 111 cm³/mol. The zero-order chi connectivity index (χ0) is 19.7. The van der Waals surface area contributed by atoms with Gasteiger partial charge in [-0.05, 0) is 53.4 Å². The molecule has 5 nitrogen and oxygen atoms in total. The molecule has 0 saturated heterocycles. The molecular formula is C23H21N3O2. The normalized spacial score (nSPS) is 10.9. The minimum absolute atomic E-state index is 0.397. The van der Waals surface area contributed by atoms with E-state index in [4.69, 9.17) is 10.5 Å². The number of nitrogens with two attached hydrogens (primary N) is 1. The number of carbonyl (C=O) groups is 1. The summed E-state index contributed by atoms with van der Waals surface area (Å²) in [7, 11) is 1.91. The average molecular weight is 371 g/mol. The Morgan fingerprint density at radius 2 is 1.82 bits per heavy atom. The van der Waals surface area contributed by atoms with Gasteiger partial charge in [-0.1, -0.05) is 31.2 Å². The van der Waals surface area contributed by atoms with Crippen molar-refractivity contribution in [1.82, 2.24) is 9.78 Å². The zero-order valence-corrected chi connectivity index (χ0v) is 15.8. The van der Waals surface area contributed by atoms with Crippen molar-refractivity contribution in [3.63, 3.8) is 0 Å². The van der Waals surface area contributed by atoms with E-state index in [1.165, 1.54) is 0 Å². The summed E-state index contributed by atoms with van der Waals surface area (Å²) < 4.78 is 7.90. The molecule has 5 heteroatoms. The average Bonchev–Trinajstić information content (AvgIpc) is 3.08. The van der Waals surface area contributed by atoms with Crippen molar-refractivity contribution in [3.8, 4) is 22.6 Å². The Balaban J connectivity index is 1.65. The molecule has 4 aromatic rings. The molecule has 1 heterocycles. The van der Waals surface area contributed by atoms with E-state index in [0.29, 0.717) is 5.56 Å². The third-order valence-corrected chi connectivity index (χ3v) is 4.88. The predicted octanol–water partition coefficient (Wildman–Crippen LogP) is 4.69. The number of ether oxygens (including phenoxy) is 1. The number of carbonyl (C=O) groups excluding carboxylic acids is 1. The molecule has 0 aliphatic rings. The molecule has 28 heavy (non-hydrogen) atoms. The van der Waals surface area contributed by atoms with Gasteiger partial charge in [0.05, 0.1) is 11.7 Å². The van der Waals surface area contributed by atoms with Crippen molar-refractivity contribution in [2.24, 2.45) is 12.8 Å². The number of nitrogens with zero attached hydrogens (tertiary/aromatic N) is 2. The maximum absolute atomic E-state index is 11.6. The third kappa shape index (κ3) is 3.34. The Bertz CT molecular complexity index is 1180. The fourth-order valence-electron chi connectivity index (χ4n) is 3.37. The third-order valence-electron chi connectivity index (χ3n) is 4.88. The van der Waals surface area contributed by atoms with Crippen molar-refractivity contribution in [2.75, 3.05) is 0 Å². The van der Waals surface area contributed by atoms with Crippen LogP contribution in [0, 0.1) is 0 Å². The summed E-state index contributed by atoms with van der Waals surface area (Å²) in [4.78, 5) is 11.6. The van der Waals surface area contributed by atoms with E-state index in [1.54, 1.807) is 6.07 Å². The van der Waals surface area contributed by atoms with Crippen LogP contribution in [0.1, 0.15) is 22.8 Å². The van der Waals surface area contributed by atoms with E-state index in [0.717, 1.165) is 45.5 Å². The smallest absolute Gasteiger partial charge is 0.248 e. The van der Waals surface area contributed by atoms with Crippen molar-refractivity contribution in [2.45, 2.75) is 13.3 Å². The molecule has 1 aromatic heterocycles. The van der Waals surface area contributed by atoms with E-state index < -0.39 is 5.91 Å². The monoisotopic (exact) mass is 371 g/mol. The highest BCUT2D eigenvalue weighted by Gasteiger charge is 2.10. The number of hydrogen-bond donors (Lipinski definition) is 1. The summed E-state index contributed by atoms with van der Waals surface area (Å²) in [5.74, 6) is 1.11. The molecule has 0 aliphatic carbocycles. The second-order valence-electron chi connectivity index (χ2n) is 6.71. The number of aryl methyl sites for hydroxylation is 2. The molecule has 0 spiro atoms. The number of rotatable bonds is 5. The molecule has 2 N–H and O–H groups in total. The van der Waals surface area contributed by atoms with Crippen LogP contribution in [-0.4, -0.2) is 15.7 Å². The van der Waals surface area contributed by atoms with Gasteiger partial charge in [-0.25, -0.2) is 0 Å². The Morgan fingerprint density at radius 1 is 1.04 bits per heavy atom. The lowest BCUT2D eigenvalue weighted by Gasteiger charge is -2.11. The van der Waals surface area contributed by atoms with Crippen LogP contribution in [-0.2, 0) is 13.5 Å². The van der Waals surface area contributed by atoms with Crippen molar-refractivity contribution < 1.29 is 9.53 Å². The highest BCUT2D eigenvalue weighted by atomic mass is 16.5. The molecule has 0 saturated carbocycles. The first-order valence-corrected chi connectivity index (χ1v) is 9.18. The molecule has 0 bridgehead atoms. The molecule has 1 amide bonds. The summed E-state index contributed by atoms with van der Waals surface area (Å²) in [6.45, 7) is 2.01. The molecular weight excluding hydrogens is 350 g/mol. The van der Waals surface area contributed by atoms with Crippen LogP contribution >= 0.6 is 0 Å². The van der Waals surface area contributed by atoms with Gasteiger partial charge in [0.25, 0.3) is 0 Å². The van der Waals surface area contributed by atoms with Gasteiger partial charge in [0.1, 0.15) is 11.5 Å². The van der Waals surface area contributed by atoms with Crippen LogP contribution < -0.4 is 10.5 Å². The quantitative estimate of drug-likeness (QED) is 0.553. The highest BCUT2D eigenvalue weighted by molar-refractivity contribution is 5.95. The first-order chi connectivity index (χ1) is 13.5. The second-order valence-corrected chi connectivity index (χ2v) is 6.71. The van der Waals surface area contributed by atoms with E-state index >= 15 is 0 Å². The maximum atomic E-state index is 11.6. The van der Waals surface area contributed by atoms with E-state index in [2.05, 4.69) is 5.10 Å². The molecule has 0 fully saturated rings. The molecule has 0 unspecified atom stereocenters. The summed E-state index contributed by atoms with van der Waals surface area (Å²) in [6.07, 6.45) is 2.58. The van der Waals surface area contributed by atoms with Crippen molar-refractivity contribution >= 4 is 16.8 Å². The van der Waals surface area contributed by atoms with Gasteiger partial charge < -0.3 is 10.5 Å². The van der Waals surface area contributed by atoms with Crippen LogP contribution in [0.15, 0.2) is 66.9 Å². The van der Waals surface area contributed by atoms with Crippen LogP contribution in [0.4, 0.5) is 0 Å². The lowest BCUT2D eigenvalue weighted by atomic mass is 9.97.